The summed E-state index contributed by atoms with van der Waals surface area (Å²) in [5.74, 6) is -0.379. The van der Waals surface area contributed by atoms with E-state index in [4.69, 9.17) is 0 Å². The molecule has 0 amide bonds. The molecule has 0 heterocycles. The highest BCUT2D eigenvalue weighted by molar-refractivity contribution is 5.47. The number of rotatable bonds is 2. The molecule has 1 aliphatic carbocycles. The zero-order valence-corrected chi connectivity index (χ0v) is 14.4. The number of hydrogen-bond donors (Lipinski definition) is 0. The molecule has 1 aromatic carbocycles. The van der Waals surface area contributed by atoms with E-state index in [9.17, 15) is 26.3 Å². The fourth-order valence-corrected chi connectivity index (χ4v) is 3.25. The quantitative estimate of drug-likeness (QED) is 0.522. The number of aryl methyl sites for hydroxylation is 2. The molecule has 25 heavy (non-hydrogen) atoms. The van der Waals surface area contributed by atoms with Gasteiger partial charge in [-0.25, -0.2) is 0 Å². The Hall–Kier alpha value is -1.72. The Kier molecular flexibility index (Phi) is 4.88. The Morgan fingerprint density at radius 3 is 1.84 bits per heavy atom. The van der Waals surface area contributed by atoms with Gasteiger partial charge in [0.1, 0.15) is 0 Å². The maximum Gasteiger partial charge on any atom is 0.410 e. The lowest BCUT2D eigenvalue weighted by Crippen LogP contribution is -2.55. The minimum absolute atomic E-state index is 0.283. The van der Waals surface area contributed by atoms with Crippen LogP contribution in [0.25, 0.3) is 0 Å². The van der Waals surface area contributed by atoms with Gasteiger partial charge in [-0.1, -0.05) is 42.8 Å². The minimum atomic E-state index is -5.50. The summed E-state index contributed by atoms with van der Waals surface area (Å²) in [5, 5.41) is 0. The minimum Gasteiger partial charge on any atom is -0.169 e. The van der Waals surface area contributed by atoms with E-state index >= 15 is 0 Å². The van der Waals surface area contributed by atoms with Crippen molar-refractivity contribution in [3.63, 3.8) is 0 Å². The molecule has 0 fully saturated rings. The van der Waals surface area contributed by atoms with Gasteiger partial charge in [0.05, 0.1) is 0 Å². The average Bonchev–Trinajstić information content (AvgIpc) is 2.44. The summed E-state index contributed by atoms with van der Waals surface area (Å²) in [6.07, 6.45) is -8.94. The van der Waals surface area contributed by atoms with Gasteiger partial charge in [-0.15, -0.1) is 0 Å². The van der Waals surface area contributed by atoms with E-state index in [0.29, 0.717) is 11.1 Å². The molecule has 1 aromatic rings. The monoisotopic (exact) mass is 362 g/mol. The van der Waals surface area contributed by atoms with Crippen LogP contribution in [0.4, 0.5) is 26.3 Å². The van der Waals surface area contributed by atoms with Crippen molar-refractivity contribution in [3.8, 4) is 0 Å². The van der Waals surface area contributed by atoms with Gasteiger partial charge in [-0.2, -0.15) is 26.3 Å². The molecule has 0 radical (unpaired) electrons. The first-order chi connectivity index (χ1) is 11.3. The van der Waals surface area contributed by atoms with Crippen molar-refractivity contribution in [1.29, 1.82) is 0 Å². The summed E-state index contributed by atoms with van der Waals surface area (Å²) >= 11 is 0. The van der Waals surface area contributed by atoms with Crippen molar-refractivity contribution < 1.29 is 26.3 Å². The lowest BCUT2D eigenvalue weighted by Gasteiger charge is -2.41. The van der Waals surface area contributed by atoms with Crippen molar-refractivity contribution in [1.82, 2.24) is 0 Å². The normalized spacial score (nSPS) is 19.5. The van der Waals surface area contributed by atoms with Crippen LogP contribution in [0.1, 0.15) is 37.0 Å². The second-order valence-corrected chi connectivity index (χ2v) is 6.75. The van der Waals surface area contributed by atoms with E-state index < -0.39 is 28.9 Å². The SMILES string of the molecule is CC1=CC=C(C(c2ccc(C)c(C)c2)(C(F)(F)F)C(F)(F)F)CC1C. The number of halogens is 6. The van der Waals surface area contributed by atoms with Crippen LogP contribution in [0.2, 0.25) is 0 Å². The molecule has 0 bridgehead atoms. The third-order valence-electron chi connectivity index (χ3n) is 5.12. The van der Waals surface area contributed by atoms with Gasteiger partial charge in [-0.3, -0.25) is 0 Å². The zero-order valence-electron chi connectivity index (χ0n) is 14.4. The van der Waals surface area contributed by atoms with Crippen LogP contribution in [0.15, 0.2) is 41.5 Å². The first kappa shape index (κ1) is 19.6. The molecule has 0 aromatic heterocycles. The van der Waals surface area contributed by atoms with Gasteiger partial charge in [0.15, 0.2) is 0 Å². The fraction of sp³-hybridized carbons (Fsp3) is 0.474. The Morgan fingerprint density at radius 1 is 0.840 bits per heavy atom. The molecule has 0 saturated heterocycles. The highest BCUT2D eigenvalue weighted by Crippen LogP contribution is 2.58. The number of benzene rings is 1. The molecular formula is C19H20F6. The van der Waals surface area contributed by atoms with Crippen LogP contribution >= 0.6 is 0 Å². The molecular weight excluding hydrogens is 342 g/mol. The molecule has 2 rings (SSSR count). The third kappa shape index (κ3) is 3.11. The second kappa shape index (κ2) is 6.22. The molecule has 0 spiro atoms. The van der Waals surface area contributed by atoms with Crippen LogP contribution in [0.3, 0.4) is 0 Å². The average molecular weight is 362 g/mol. The predicted octanol–water partition coefficient (Wildman–Crippen LogP) is 6.58. The first-order valence-corrected chi connectivity index (χ1v) is 7.91. The summed E-state index contributed by atoms with van der Waals surface area (Å²) in [4.78, 5) is 0. The largest absolute Gasteiger partial charge is 0.410 e. The van der Waals surface area contributed by atoms with E-state index in [0.717, 1.165) is 23.8 Å². The number of hydrogen-bond acceptors (Lipinski definition) is 0. The Labute approximate surface area is 143 Å². The van der Waals surface area contributed by atoms with Crippen molar-refractivity contribution in [2.24, 2.45) is 5.92 Å². The Morgan fingerprint density at radius 2 is 1.40 bits per heavy atom. The molecule has 0 aliphatic heterocycles. The lowest BCUT2D eigenvalue weighted by molar-refractivity contribution is -0.290. The first-order valence-electron chi connectivity index (χ1n) is 7.91. The molecule has 1 atom stereocenters. The van der Waals surface area contributed by atoms with E-state index in [-0.39, 0.29) is 12.3 Å². The van der Waals surface area contributed by atoms with Crippen LogP contribution in [0.5, 0.6) is 0 Å². The van der Waals surface area contributed by atoms with Crippen LogP contribution < -0.4 is 0 Å². The summed E-state index contributed by atoms with van der Waals surface area (Å²) in [5.41, 5.74) is -3.63. The molecule has 0 saturated carbocycles. The highest BCUT2D eigenvalue weighted by atomic mass is 19.4. The van der Waals surface area contributed by atoms with Gasteiger partial charge in [-0.05, 0) is 55.4 Å². The van der Waals surface area contributed by atoms with Crippen LogP contribution in [-0.2, 0) is 5.41 Å². The van der Waals surface area contributed by atoms with E-state index in [1.54, 1.807) is 20.8 Å². The van der Waals surface area contributed by atoms with Crippen molar-refractivity contribution >= 4 is 0 Å². The Bertz CT molecular complexity index is 704. The van der Waals surface area contributed by atoms with Crippen molar-refractivity contribution in [2.75, 3.05) is 0 Å². The van der Waals surface area contributed by atoms with Crippen molar-refractivity contribution in [3.05, 3.63) is 58.2 Å². The lowest BCUT2D eigenvalue weighted by atomic mass is 9.67. The smallest absolute Gasteiger partial charge is 0.169 e. The topological polar surface area (TPSA) is 0 Å². The maximum atomic E-state index is 14.0. The number of allylic oxidation sites excluding steroid dienone is 4. The predicted molar refractivity (Wildman–Crippen MR) is 85.3 cm³/mol. The fourth-order valence-electron chi connectivity index (χ4n) is 3.25. The molecule has 138 valence electrons. The summed E-state index contributed by atoms with van der Waals surface area (Å²) in [6, 6.07) is 3.26. The van der Waals surface area contributed by atoms with E-state index in [1.165, 1.54) is 19.1 Å². The summed E-state index contributed by atoms with van der Waals surface area (Å²) in [7, 11) is 0. The molecule has 1 unspecified atom stereocenters. The third-order valence-corrected chi connectivity index (χ3v) is 5.12. The maximum absolute atomic E-state index is 14.0. The molecule has 0 nitrogen and oxygen atoms in total. The van der Waals surface area contributed by atoms with Crippen LogP contribution in [-0.4, -0.2) is 12.4 Å². The van der Waals surface area contributed by atoms with Gasteiger partial charge in [0.2, 0.25) is 5.41 Å². The Balaban J connectivity index is 2.86. The summed E-state index contributed by atoms with van der Waals surface area (Å²) in [6.45, 7) is 6.50. The van der Waals surface area contributed by atoms with Crippen molar-refractivity contribution in [2.45, 2.75) is 51.9 Å². The van der Waals surface area contributed by atoms with Crippen LogP contribution in [0, 0.1) is 19.8 Å². The summed E-state index contributed by atoms with van der Waals surface area (Å²) < 4.78 is 84.1. The second-order valence-electron chi connectivity index (χ2n) is 6.75. The standard InChI is InChI=1S/C19H20F6/c1-11-5-7-15(9-13(11)3)17(18(20,21)22,19(23,24)25)16-8-6-12(2)14(4)10-16/h5-9,14H,10H2,1-4H3. The van der Waals surface area contributed by atoms with E-state index in [1.807, 2.05) is 0 Å². The van der Waals surface area contributed by atoms with Gasteiger partial charge >= 0.3 is 12.4 Å². The van der Waals surface area contributed by atoms with E-state index in [2.05, 4.69) is 0 Å². The van der Waals surface area contributed by atoms with Gasteiger partial charge < -0.3 is 0 Å². The highest BCUT2D eigenvalue weighted by Gasteiger charge is 2.73. The zero-order chi connectivity index (χ0) is 19.2. The molecule has 1 aliphatic rings. The number of alkyl halides is 6. The molecule has 6 heteroatoms. The van der Waals surface area contributed by atoms with Gasteiger partial charge in [0.25, 0.3) is 0 Å². The van der Waals surface area contributed by atoms with Gasteiger partial charge in [0, 0.05) is 0 Å². The molecule has 0 N–H and O–H groups in total.